The number of nitro groups is 1. The molecule has 0 spiro atoms. The number of nitrogens with zero attached hydrogens (tertiary/aromatic N) is 3. The van der Waals surface area contributed by atoms with Gasteiger partial charge in [-0.25, -0.2) is 9.78 Å². The zero-order valence-electron chi connectivity index (χ0n) is 17.4. The lowest BCUT2D eigenvalue weighted by Crippen LogP contribution is -2.13. The maximum absolute atomic E-state index is 12.3. The summed E-state index contributed by atoms with van der Waals surface area (Å²) >= 11 is 0. The fourth-order valence-electron chi connectivity index (χ4n) is 2.91. The Morgan fingerprint density at radius 1 is 1.16 bits per heavy atom. The Hall–Kier alpha value is -4.33. The zero-order chi connectivity index (χ0) is 22.9. The molecular formula is C24H21N3O5. The molecule has 8 heteroatoms. The summed E-state index contributed by atoms with van der Waals surface area (Å²) < 4.78 is 7.14. The average Bonchev–Trinajstić information content (AvgIpc) is 3.29. The molecule has 0 bridgehead atoms. The molecular weight excluding hydrogens is 410 g/mol. The number of benzene rings is 2. The highest BCUT2D eigenvalue weighted by Gasteiger charge is 2.16. The van der Waals surface area contributed by atoms with Crippen LogP contribution in [0.1, 0.15) is 23.6 Å². The van der Waals surface area contributed by atoms with E-state index in [9.17, 15) is 19.7 Å². The minimum atomic E-state index is -0.788. The average molecular weight is 431 g/mol. The standard InChI is InChI=1S/C24H21N3O5/c1-18(28)23(15-21-4-2-6-22(14-21)27(30)31)24(29)32-13-3-5-19-7-9-20(10-8-19)16-26-12-11-25-17-26/h2-12,14-15,17H,13,16H2,1H3/b5-3+,23-15+. The second-order valence-electron chi connectivity index (χ2n) is 6.94. The van der Waals surface area contributed by atoms with Crippen molar-refractivity contribution >= 4 is 29.6 Å². The van der Waals surface area contributed by atoms with Gasteiger partial charge in [-0.15, -0.1) is 0 Å². The van der Waals surface area contributed by atoms with Crippen molar-refractivity contribution in [3.63, 3.8) is 0 Å². The molecule has 0 saturated heterocycles. The molecule has 0 radical (unpaired) electrons. The maximum Gasteiger partial charge on any atom is 0.342 e. The Labute approximate surface area is 184 Å². The molecule has 0 saturated carbocycles. The van der Waals surface area contributed by atoms with Gasteiger partial charge in [0.2, 0.25) is 0 Å². The van der Waals surface area contributed by atoms with Crippen LogP contribution in [0.2, 0.25) is 0 Å². The van der Waals surface area contributed by atoms with Gasteiger partial charge in [-0.3, -0.25) is 14.9 Å². The summed E-state index contributed by atoms with van der Waals surface area (Å²) in [4.78, 5) is 38.6. The summed E-state index contributed by atoms with van der Waals surface area (Å²) in [6, 6.07) is 13.6. The van der Waals surface area contributed by atoms with Crippen molar-refractivity contribution in [3.8, 4) is 0 Å². The normalized spacial score (nSPS) is 11.5. The lowest BCUT2D eigenvalue weighted by molar-refractivity contribution is -0.384. The number of aromatic nitrogens is 2. The maximum atomic E-state index is 12.3. The van der Waals surface area contributed by atoms with Crippen LogP contribution >= 0.6 is 0 Å². The summed E-state index contributed by atoms with van der Waals surface area (Å²) in [6.45, 7) is 1.95. The molecule has 32 heavy (non-hydrogen) atoms. The molecule has 1 heterocycles. The molecule has 8 nitrogen and oxygen atoms in total. The van der Waals surface area contributed by atoms with Crippen LogP contribution in [0.5, 0.6) is 0 Å². The second-order valence-corrected chi connectivity index (χ2v) is 6.94. The molecule has 0 N–H and O–H groups in total. The second kappa shape index (κ2) is 10.6. The number of imidazole rings is 1. The molecule has 3 rings (SSSR count). The van der Waals surface area contributed by atoms with E-state index < -0.39 is 16.7 Å². The molecule has 0 aliphatic heterocycles. The minimum absolute atomic E-state index is 0.0187. The molecule has 0 unspecified atom stereocenters. The van der Waals surface area contributed by atoms with Crippen molar-refractivity contribution in [2.75, 3.05) is 6.61 Å². The van der Waals surface area contributed by atoms with E-state index in [1.807, 2.05) is 41.1 Å². The van der Waals surface area contributed by atoms with E-state index in [1.165, 1.54) is 31.2 Å². The number of carbonyl (C=O) groups excluding carboxylic acids is 2. The first kappa shape index (κ1) is 22.4. The van der Waals surface area contributed by atoms with Crippen molar-refractivity contribution in [1.29, 1.82) is 0 Å². The van der Waals surface area contributed by atoms with E-state index in [-0.39, 0.29) is 17.9 Å². The van der Waals surface area contributed by atoms with Gasteiger partial charge in [0.05, 0.1) is 11.3 Å². The fraction of sp³-hybridized carbons (Fsp3) is 0.125. The molecule has 1 aromatic heterocycles. The summed E-state index contributed by atoms with van der Waals surface area (Å²) in [7, 11) is 0. The Morgan fingerprint density at radius 3 is 2.59 bits per heavy atom. The van der Waals surface area contributed by atoms with Crippen LogP contribution in [0.3, 0.4) is 0 Å². The van der Waals surface area contributed by atoms with Crippen molar-refractivity contribution in [3.05, 3.63) is 106 Å². The van der Waals surface area contributed by atoms with Crippen LogP contribution in [0, 0.1) is 10.1 Å². The van der Waals surface area contributed by atoms with E-state index >= 15 is 0 Å². The van der Waals surface area contributed by atoms with Crippen LogP contribution in [0.4, 0.5) is 5.69 Å². The third-order valence-corrected chi connectivity index (χ3v) is 4.52. The monoisotopic (exact) mass is 431 g/mol. The van der Waals surface area contributed by atoms with Gasteiger partial charge < -0.3 is 9.30 Å². The summed E-state index contributed by atoms with van der Waals surface area (Å²) in [5, 5.41) is 10.9. The number of Topliss-reactive ketones (excluding diaryl/α,β-unsaturated/α-hetero) is 1. The van der Waals surface area contributed by atoms with Gasteiger partial charge >= 0.3 is 5.97 Å². The number of ether oxygens (including phenoxy) is 1. The van der Waals surface area contributed by atoms with Crippen LogP contribution in [0.25, 0.3) is 12.2 Å². The lowest BCUT2D eigenvalue weighted by atomic mass is 10.1. The SMILES string of the molecule is CC(=O)/C(=C\c1cccc([N+](=O)[O-])c1)C(=O)OC/C=C/c1ccc(Cn2ccnc2)cc1. The highest BCUT2D eigenvalue weighted by atomic mass is 16.6. The van der Waals surface area contributed by atoms with Crippen molar-refractivity contribution in [2.45, 2.75) is 13.5 Å². The molecule has 0 fully saturated rings. The number of ketones is 1. The van der Waals surface area contributed by atoms with Crippen molar-refractivity contribution in [1.82, 2.24) is 9.55 Å². The van der Waals surface area contributed by atoms with Gasteiger partial charge in [-0.1, -0.05) is 42.5 Å². The predicted molar refractivity (Wildman–Crippen MR) is 120 cm³/mol. The molecule has 0 amide bonds. The fourth-order valence-corrected chi connectivity index (χ4v) is 2.91. The number of esters is 1. The van der Waals surface area contributed by atoms with Gasteiger partial charge in [-0.2, -0.15) is 0 Å². The Morgan fingerprint density at radius 2 is 1.94 bits per heavy atom. The first-order chi connectivity index (χ1) is 15.4. The highest BCUT2D eigenvalue weighted by molar-refractivity contribution is 6.19. The molecule has 0 atom stereocenters. The van der Waals surface area contributed by atoms with E-state index in [4.69, 9.17) is 4.74 Å². The largest absolute Gasteiger partial charge is 0.458 e. The quantitative estimate of drug-likeness (QED) is 0.126. The van der Waals surface area contributed by atoms with E-state index in [0.29, 0.717) is 5.56 Å². The van der Waals surface area contributed by atoms with Crippen LogP contribution in [-0.4, -0.2) is 32.8 Å². The molecule has 162 valence electrons. The first-order valence-corrected chi connectivity index (χ1v) is 9.78. The highest BCUT2D eigenvalue weighted by Crippen LogP contribution is 2.17. The number of nitro benzene ring substituents is 1. The number of carbonyl (C=O) groups is 2. The van der Waals surface area contributed by atoms with E-state index in [0.717, 1.165) is 17.7 Å². The first-order valence-electron chi connectivity index (χ1n) is 9.78. The van der Waals surface area contributed by atoms with Gasteiger partial charge in [0.15, 0.2) is 5.78 Å². The van der Waals surface area contributed by atoms with Gasteiger partial charge in [0.25, 0.3) is 5.69 Å². The number of hydrogen-bond acceptors (Lipinski definition) is 6. The van der Waals surface area contributed by atoms with Gasteiger partial charge in [0.1, 0.15) is 12.2 Å². The molecule has 0 aliphatic carbocycles. The molecule has 2 aromatic carbocycles. The Bertz CT molecular complexity index is 1160. The number of non-ortho nitro benzene ring substituents is 1. The smallest absolute Gasteiger partial charge is 0.342 e. The van der Waals surface area contributed by atoms with Crippen molar-refractivity contribution < 1.29 is 19.2 Å². The summed E-state index contributed by atoms with van der Waals surface area (Å²) in [5.41, 5.74) is 2.13. The number of rotatable bonds is 9. The van der Waals surface area contributed by atoms with Crippen molar-refractivity contribution in [2.24, 2.45) is 0 Å². The van der Waals surface area contributed by atoms with Crippen LogP contribution in [-0.2, 0) is 20.9 Å². The van der Waals surface area contributed by atoms with E-state index in [2.05, 4.69) is 4.98 Å². The topological polar surface area (TPSA) is 104 Å². The molecule has 0 aliphatic rings. The molecule has 3 aromatic rings. The van der Waals surface area contributed by atoms with Gasteiger partial charge in [-0.05, 0) is 35.8 Å². The Kier molecular flexibility index (Phi) is 7.42. The van der Waals surface area contributed by atoms with E-state index in [1.54, 1.807) is 24.7 Å². The zero-order valence-corrected chi connectivity index (χ0v) is 17.4. The predicted octanol–water partition coefficient (Wildman–Crippen LogP) is 4.07. The number of hydrogen-bond donors (Lipinski definition) is 0. The third kappa shape index (κ3) is 6.33. The van der Waals surface area contributed by atoms with Gasteiger partial charge in [0, 0.05) is 31.1 Å². The minimum Gasteiger partial charge on any atom is -0.458 e. The van der Waals surface area contributed by atoms with Crippen LogP contribution < -0.4 is 0 Å². The summed E-state index contributed by atoms with van der Waals surface area (Å²) in [5.74, 6) is -1.27. The van der Waals surface area contributed by atoms with Crippen LogP contribution in [0.15, 0.2) is 78.9 Å². The third-order valence-electron chi connectivity index (χ3n) is 4.52. The lowest BCUT2D eigenvalue weighted by Gasteiger charge is -2.05. The summed E-state index contributed by atoms with van der Waals surface area (Å²) in [6.07, 6.45) is 10.2. The Balaban J connectivity index is 1.58.